The topological polar surface area (TPSA) is 61.1 Å². The number of para-hydroxylation sites is 1. The average Bonchev–Trinajstić information content (AvgIpc) is 3.33. The van der Waals surface area contributed by atoms with Gasteiger partial charge in [-0.25, -0.2) is 0 Å². The van der Waals surface area contributed by atoms with Gasteiger partial charge in [0.25, 0.3) is 0 Å². The molecule has 5 nitrogen and oxygen atoms in total. The van der Waals surface area contributed by atoms with Crippen molar-refractivity contribution in [2.45, 2.75) is 19.0 Å². The largest absolute Gasteiger partial charge is 0.351 e. The molecular weight excluding hydrogens is 368 g/mol. The Morgan fingerprint density at radius 2 is 2.14 bits per heavy atom. The monoisotopic (exact) mass is 392 g/mol. The molecule has 0 aliphatic heterocycles. The van der Waals surface area contributed by atoms with Gasteiger partial charge >= 0.3 is 0 Å². The number of likely N-dealkylation sites (N-methyl/N-ethyl adjacent to an activating group) is 1. The van der Waals surface area contributed by atoms with Crippen LogP contribution in [0.2, 0.25) is 0 Å². The molecule has 1 aromatic carbocycles. The van der Waals surface area contributed by atoms with Crippen LogP contribution in [0.3, 0.4) is 0 Å². The molecule has 0 aliphatic rings. The molecule has 1 atom stereocenters. The number of carbonyl (C=O) groups excluding carboxylic acids is 1. The predicted molar refractivity (Wildman–Crippen MR) is 115 cm³/mol. The Morgan fingerprint density at radius 3 is 2.86 bits per heavy atom. The SMILES string of the molecule is CN(C)C(CNC(=O)/C=C/c1cn(CCC#N)c2ccccc12)c1cccs1. The fourth-order valence-corrected chi connectivity index (χ4v) is 4.13. The fraction of sp³-hybridized carbons (Fsp3) is 0.273. The first-order valence-corrected chi connectivity index (χ1v) is 10.1. The van der Waals surface area contributed by atoms with Crippen molar-refractivity contribution in [2.75, 3.05) is 20.6 Å². The number of aromatic nitrogens is 1. The minimum absolute atomic E-state index is 0.114. The van der Waals surface area contributed by atoms with Gasteiger partial charge in [-0.1, -0.05) is 24.3 Å². The summed E-state index contributed by atoms with van der Waals surface area (Å²) < 4.78 is 2.06. The number of nitrogens with one attached hydrogen (secondary N) is 1. The van der Waals surface area contributed by atoms with Crippen LogP contribution in [0.15, 0.2) is 54.1 Å². The molecule has 1 amide bonds. The molecule has 0 aliphatic carbocycles. The van der Waals surface area contributed by atoms with E-state index in [1.165, 1.54) is 4.88 Å². The molecule has 2 heterocycles. The van der Waals surface area contributed by atoms with Crippen LogP contribution in [0.1, 0.15) is 22.9 Å². The van der Waals surface area contributed by atoms with E-state index in [9.17, 15) is 4.79 Å². The Kier molecular flexibility index (Phi) is 6.64. The molecular formula is C22H24N4OS. The zero-order valence-corrected chi connectivity index (χ0v) is 16.9. The Bertz CT molecular complexity index is 995. The van der Waals surface area contributed by atoms with Crippen LogP contribution in [0.4, 0.5) is 0 Å². The number of fused-ring (bicyclic) bond motifs is 1. The van der Waals surface area contributed by atoms with Gasteiger partial charge in [-0.2, -0.15) is 5.26 Å². The predicted octanol–water partition coefficient (Wildman–Crippen LogP) is 4.05. The molecule has 0 bridgehead atoms. The highest BCUT2D eigenvalue weighted by Crippen LogP contribution is 2.24. The number of nitrogens with zero attached hydrogens (tertiary/aromatic N) is 3. The number of hydrogen-bond acceptors (Lipinski definition) is 4. The highest BCUT2D eigenvalue weighted by Gasteiger charge is 2.15. The van der Waals surface area contributed by atoms with E-state index in [-0.39, 0.29) is 11.9 Å². The van der Waals surface area contributed by atoms with Gasteiger partial charge < -0.3 is 14.8 Å². The molecule has 0 saturated carbocycles. The first-order chi connectivity index (χ1) is 13.6. The number of nitriles is 1. The summed E-state index contributed by atoms with van der Waals surface area (Å²) in [4.78, 5) is 15.7. The number of aryl methyl sites for hydroxylation is 1. The van der Waals surface area contributed by atoms with Crippen molar-refractivity contribution in [1.82, 2.24) is 14.8 Å². The molecule has 0 saturated heterocycles. The summed E-state index contributed by atoms with van der Waals surface area (Å²) in [5.74, 6) is -0.114. The Labute approximate surface area is 169 Å². The third kappa shape index (κ3) is 4.69. The Hall–Kier alpha value is -2.88. The summed E-state index contributed by atoms with van der Waals surface area (Å²) in [7, 11) is 4.03. The summed E-state index contributed by atoms with van der Waals surface area (Å²) in [6.07, 6.45) is 5.88. The summed E-state index contributed by atoms with van der Waals surface area (Å²) in [6, 6.07) is 14.5. The lowest BCUT2D eigenvalue weighted by atomic mass is 10.1. The molecule has 3 rings (SSSR count). The molecule has 1 unspecified atom stereocenters. The second-order valence-corrected chi connectivity index (χ2v) is 7.76. The molecule has 28 heavy (non-hydrogen) atoms. The van der Waals surface area contributed by atoms with Gasteiger partial charge in [-0.15, -0.1) is 11.3 Å². The van der Waals surface area contributed by atoms with Crippen molar-refractivity contribution in [3.8, 4) is 6.07 Å². The van der Waals surface area contributed by atoms with Crippen molar-refractivity contribution in [2.24, 2.45) is 0 Å². The summed E-state index contributed by atoms with van der Waals surface area (Å²) in [5, 5.41) is 15.0. The van der Waals surface area contributed by atoms with Gasteiger partial charge in [0.05, 0.1) is 18.5 Å². The zero-order valence-electron chi connectivity index (χ0n) is 16.1. The quantitative estimate of drug-likeness (QED) is 0.588. The maximum atomic E-state index is 12.4. The van der Waals surface area contributed by atoms with Crippen LogP contribution in [0.25, 0.3) is 17.0 Å². The van der Waals surface area contributed by atoms with E-state index in [0.717, 1.165) is 16.5 Å². The van der Waals surface area contributed by atoms with Crippen molar-refractivity contribution >= 4 is 34.2 Å². The second-order valence-electron chi connectivity index (χ2n) is 6.78. The van der Waals surface area contributed by atoms with Crippen molar-refractivity contribution < 1.29 is 4.79 Å². The highest BCUT2D eigenvalue weighted by molar-refractivity contribution is 7.10. The van der Waals surface area contributed by atoms with Gasteiger partial charge in [-0.05, 0) is 37.7 Å². The van der Waals surface area contributed by atoms with E-state index in [0.29, 0.717) is 19.5 Å². The molecule has 2 aromatic heterocycles. The molecule has 0 spiro atoms. The Balaban J connectivity index is 1.69. The van der Waals surface area contributed by atoms with Crippen LogP contribution in [0.5, 0.6) is 0 Å². The number of carbonyl (C=O) groups is 1. The lowest BCUT2D eigenvalue weighted by molar-refractivity contribution is -0.116. The van der Waals surface area contributed by atoms with Crippen molar-refractivity contribution in [1.29, 1.82) is 5.26 Å². The number of benzene rings is 1. The first-order valence-electron chi connectivity index (χ1n) is 9.20. The van der Waals surface area contributed by atoms with Crippen molar-refractivity contribution in [3.05, 3.63) is 64.5 Å². The molecule has 0 radical (unpaired) electrons. The van der Waals surface area contributed by atoms with Crippen molar-refractivity contribution in [3.63, 3.8) is 0 Å². The lowest BCUT2D eigenvalue weighted by Gasteiger charge is -2.23. The maximum absolute atomic E-state index is 12.4. The van der Waals surface area contributed by atoms with E-state index in [2.05, 4.69) is 32.3 Å². The fourth-order valence-electron chi connectivity index (χ4n) is 3.20. The normalized spacial score (nSPS) is 12.5. The molecule has 0 fully saturated rings. The number of thiophene rings is 1. The van der Waals surface area contributed by atoms with Gasteiger partial charge in [0.1, 0.15) is 0 Å². The van der Waals surface area contributed by atoms with Crippen LogP contribution >= 0.6 is 11.3 Å². The first kappa shape index (κ1) is 19.9. The summed E-state index contributed by atoms with van der Waals surface area (Å²) >= 11 is 1.70. The standard InChI is InChI=1S/C22H24N4OS/c1-25(2)20(21-9-5-14-28-21)15-24-22(27)11-10-17-16-26(13-6-12-23)19-8-4-3-7-18(17)19/h3-5,7-11,14,16,20H,6,13,15H2,1-2H3,(H,24,27)/b11-10+. The number of rotatable bonds is 8. The minimum atomic E-state index is -0.114. The van der Waals surface area contributed by atoms with Crippen LogP contribution in [-0.2, 0) is 11.3 Å². The van der Waals surface area contributed by atoms with Crippen LogP contribution in [-0.4, -0.2) is 36.0 Å². The van der Waals surface area contributed by atoms with Gasteiger partial charge in [-0.3, -0.25) is 4.79 Å². The van der Waals surface area contributed by atoms with Crippen LogP contribution in [0, 0.1) is 11.3 Å². The second kappa shape index (κ2) is 9.36. The molecule has 144 valence electrons. The van der Waals surface area contributed by atoms with E-state index < -0.39 is 0 Å². The molecule has 3 aromatic rings. The van der Waals surface area contributed by atoms with E-state index in [1.807, 2.05) is 56.7 Å². The van der Waals surface area contributed by atoms with Gasteiger partial charge in [0.2, 0.25) is 5.91 Å². The maximum Gasteiger partial charge on any atom is 0.244 e. The summed E-state index contributed by atoms with van der Waals surface area (Å²) in [5.41, 5.74) is 2.05. The molecule has 6 heteroatoms. The lowest BCUT2D eigenvalue weighted by Crippen LogP contribution is -2.33. The van der Waals surface area contributed by atoms with Crippen LogP contribution < -0.4 is 5.32 Å². The number of hydrogen-bond donors (Lipinski definition) is 1. The van der Waals surface area contributed by atoms with E-state index in [1.54, 1.807) is 17.4 Å². The smallest absolute Gasteiger partial charge is 0.244 e. The Morgan fingerprint density at radius 1 is 1.32 bits per heavy atom. The summed E-state index contributed by atoms with van der Waals surface area (Å²) in [6.45, 7) is 1.20. The van der Waals surface area contributed by atoms with E-state index >= 15 is 0 Å². The van der Waals surface area contributed by atoms with Gasteiger partial charge in [0, 0.05) is 46.7 Å². The molecule has 1 N–H and O–H groups in total. The number of amides is 1. The third-order valence-electron chi connectivity index (χ3n) is 4.66. The van der Waals surface area contributed by atoms with Gasteiger partial charge in [0.15, 0.2) is 0 Å². The zero-order chi connectivity index (χ0) is 19.9. The third-order valence-corrected chi connectivity index (χ3v) is 5.64. The van der Waals surface area contributed by atoms with E-state index in [4.69, 9.17) is 5.26 Å². The average molecular weight is 393 g/mol. The minimum Gasteiger partial charge on any atom is -0.351 e. The highest BCUT2D eigenvalue weighted by atomic mass is 32.1.